The Bertz CT molecular complexity index is 1170. The van der Waals surface area contributed by atoms with Crippen LogP contribution in [0.15, 0.2) is 58.7 Å². The number of rotatable bonds is 6. The SMILES string of the molecule is CC1=NCC(CNC(=O)c2ccnc3c2c(C)nn3C(C)C)=C(Cc2ccccc2)C1. The molecule has 160 valence electrons. The molecule has 0 fully saturated rings. The molecule has 1 aliphatic heterocycles. The topological polar surface area (TPSA) is 72.2 Å². The summed E-state index contributed by atoms with van der Waals surface area (Å²) in [5, 5.41) is 8.55. The number of nitrogens with one attached hydrogen (secondary N) is 1. The van der Waals surface area contributed by atoms with E-state index in [-0.39, 0.29) is 11.9 Å². The van der Waals surface area contributed by atoms with Gasteiger partial charge in [0.15, 0.2) is 5.65 Å². The third-order valence-electron chi connectivity index (χ3n) is 5.73. The third-order valence-corrected chi connectivity index (χ3v) is 5.73. The van der Waals surface area contributed by atoms with Crippen LogP contribution in [0.3, 0.4) is 0 Å². The Morgan fingerprint density at radius 2 is 1.90 bits per heavy atom. The summed E-state index contributed by atoms with van der Waals surface area (Å²) in [5.41, 5.74) is 7.17. The van der Waals surface area contributed by atoms with Gasteiger partial charge in [-0.2, -0.15) is 5.10 Å². The molecule has 0 bridgehead atoms. The number of dihydropyridines is 1. The number of carbonyl (C=O) groups is 1. The van der Waals surface area contributed by atoms with Gasteiger partial charge in [-0.05, 0) is 51.3 Å². The zero-order valence-electron chi connectivity index (χ0n) is 18.6. The molecule has 1 N–H and O–H groups in total. The Labute approximate surface area is 183 Å². The van der Waals surface area contributed by atoms with E-state index in [0.717, 1.165) is 35.3 Å². The first-order valence-corrected chi connectivity index (χ1v) is 10.8. The number of pyridine rings is 1. The predicted molar refractivity (Wildman–Crippen MR) is 125 cm³/mol. The maximum Gasteiger partial charge on any atom is 0.252 e. The van der Waals surface area contributed by atoms with E-state index < -0.39 is 0 Å². The fourth-order valence-electron chi connectivity index (χ4n) is 4.11. The molecule has 4 rings (SSSR count). The van der Waals surface area contributed by atoms with Crippen molar-refractivity contribution >= 4 is 22.7 Å². The monoisotopic (exact) mass is 415 g/mol. The molecule has 6 heteroatoms. The zero-order chi connectivity index (χ0) is 22.0. The van der Waals surface area contributed by atoms with E-state index in [1.807, 2.05) is 17.7 Å². The van der Waals surface area contributed by atoms with Crippen LogP contribution in [0.5, 0.6) is 0 Å². The number of aliphatic imine (C=N–C) groups is 1. The smallest absolute Gasteiger partial charge is 0.252 e. The Balaban J connectivity index is 1.57. The summed E-state index contributed by atoms with van der Waals surface area (Å²) in [6.07, 6.45) is 3.43. The van der Waals surface area contributed by atoms with Crippen molar-refractivity contribution in [1.82, 2.24) is 20.1 Å². The zero-order valence-corrected chi connectivity index (χ0v) is 18.6. The van der Waals surface area contributed by atoms with Gasteiger partial charge in [0.1, 0.15) is 0 Å². The number of aryl methyl sites for hydroxylation is 1. The highest BCUT2D eigenvalue weighted by atomic mass is 16.1. The lowest BCUT2D eigenvalue weighted by Gasteiger charge is -2.20. The lowest BCUT2D eigenvalue weighted by atomic mass is 9.93. The number of benzene rings is 1. The van der Waals surface area contributed by atoms with Gasteiger partial charge in [-0.15, -0.1) is 0 Å². The van der Waals surface area contributed by atoms with Crippen LogP contribution in [0.2, 0.25) is 0 Å². The minimum Gasteiger partial charge on any atom is -0.348 e. The van der Waals surface area contributed by atoms with Gasteiger partial charge in [-0.1, -0.05) is 35.9 Å². The van der Waals surface area contributed by atoms with Crippen molar-refractivity contribution in [3.8, 4) is 0 Å². The largest absolute Gasteiger partial charge is 0.348 e. The molecule has 0 aliphatic carbocycles. The highest BCUT2D eigenvalue weighted by Crippen LogP contribution is 2.24. The van der Waals surface area contributed by atoms with Gasteiger partial charge in [0.2, 0.25) is 0 Å². The molecular weight excluding hydrogens is 386 g/mol. The summed E-state index contributed by atoms with van der Waals surface area (Å²) < 4.78 is 1.88. The standard InChI is InChI=1S/C25H29N5O/c1-16(2)30-24-23(18(4)29-30)22(10-11-26-24)25(31)28-15-21-14-27-17(3)12-20(21)13-19-8-6-5-7-9-19/h5-11,16H,12-15H2,1-4H3,(H,28,31). The second-order valence-electron chi connectivity index (χ2n) is 8.46. The van der Waals surface area contributed by atoms with Gasteiger partial charge in [-0.25, -0.2) is 9.67 Å². The van der Waals surface area contributed by atoms with Crippen molar-refractivity contribution in [2.45, 2.75) is 46.6 Å². The molecule has 0 saturated carbocycles. The molecule has 1 aromatic carbocycles. The molecule has 3 aromatic rings. The van der Waals surface area contributed by atoms with E-state index in [2.05, 4.69) is 65.4 Å². The van der Waals surface area contributed by atoms with Crippen LogP contribution in [0.1, 0.15) is 54.8 Å². The van der Waals surface area contributed by atoms with E-state index in [9.17, 15) is 4.79 Å². The Kier molecular flexibility index (Phi) is 5.98. The van der Waals surface area contributed by atoms with E-state index in [4.69, 9.17) is 0 Å². The maximum atomic E-state index is 13.1. The maximum absolute atomic E-state index is 13.1. The molecule has 0 atom stereocenters. The van der Waals surface area contributed by atoms with Crippen molar-refractivity contribution in [1.29, 1.82) is 0 Å². The number of amides is 1. The lowest BCUT2D eigenvalue weighted by molar-refractivity contribution is 0.0958. The number of carbonyl (C=O) groups excluding carboxylic acids is 1. The minimum absolute atomic E-state index is 0.100. The summed E-state index contributed by atoms with van der Waals surface area (Å²) in [7, 11) is 0. The van der Waals surface area contributed by atoms with Gasteiger partial charge < -0.3 is 5.32 Å². The first-order valence-electron chi connectivity index (χ1n) is 10.8. The highest BCUT2D eigenvalue weighted by molar-refractivity contribution is 6.06. The second kappa shape index (κ2) is 8.84. The average Bonchev–Trinajstić information content (AvgIpc) is 3.11. The number of hydrogen-bond acceptors (Lipinski definition) is 4. The molecule has 1 amide bonds. The molecule has 6 nitrogen and oxygen atoms in total. The fraction of sp³-hybridized carbons (Fsp3) is 0.360. The summed E-state index contributed by atoms with van der Waals surface area (Å²) in [6.45, 7) is 9.27. The normalized spacial score (nSPS) is 14.3. The van der Waals surface area contributed by atoms with Gasteiger partial charge in [0, 0.05) is 30.9 Å². The van der Waals surface area contributed by atoms with Crippen LogP contribution >= 0.6 is 0 Å². The number of fused-ring (bicyclic) bond motifs is 1. The molecule has 1 aliphatic rings. The Hall–Kier alpha value is -3.28. The Morgan fingerprint density at radius 3 is 2.65 bits per heavy atom. The minimum atomic E-state index is -0.100. The average molecular weight is 416 g/mol. The molecule has 2 aromatic heterocycles. The van der Waals surface area contributed by atoms with Crippen LogP contribution in [0.4, 0.5) is 0 Å². The summed E-state index contributed by atoms with van der Waals surface area (Å²) in [5.74, 6) is -0.100. The van der Waals surface area contributed by atoms with Crippen LogP contribution in [-0.2, 0) is 6.42 Å². The van der Waals surface area contributed by atoms with Gasteiger partial charge >= 0.3 is 0 Å². The summed E-state index contributed by atoms with van der Waals surface area (Å²) >= 11 is 0. The molecule has 0 saturated heterocycles. The van der Waals surface area contributed by atoms with E-state index in [1.54, 1.807) is 12.3 Å². The fourth-order valence-corrected chi connectivity index (χ4v) is 4.11. The quantitative estimate of drug-likeness (QED) is 0.605. The first kappa shape index (κ1) is 21.0. The van der Waals surface area contributed by atoms with E-state index in [0.29, 0.717) is 18.7 Å². The predicted octanol–water partition coefficient (Wildman–Crippen LogP) is 4.45. The molecule has 31 heavy (non-hydrogen) atoms. The van der Waals surface area contributed by atoms with Crippen molar-refractivity contribution in [3.05, 3.63) is 70.6 Å². The van der Waals surface area contributed by atoms with E-state index >= 15 is 0 Å². The van der Waals surface area contributed by atoms with Crippen LogP contribution in [0.25, 0.3) is 11.0 Å². The third kappa shape index (κ3) is 4.43. The summed E-state index contributed by atoms with van der Waals surface area (Å²) in [6, 6.07) is 12.4. The lowest BCUT2D eigenvalue weighted by Crippen LogP contribution is -2.28. The van der Waals surface area contributed by atoms with Crippen molar-refractivity contribution in [2.24, 2.45) is 4.99 Å². The second-order valence-corrected chi connectivity index (χ2v) is 8.46. The molecule has 0 radical (unpaired) electrons. The van der Waals surface area contributed by atoms with Gasteiger partial charge in [0.05, 0.1) is 23.2 Å². The van der Waals surface area contributed by atoms with Crippen molar-refractivity contribution < 1.29 is 4.79 Å². The van der Waals surface area contributed by atoms with Crippen LogP contribution in [0, 0.1) is 6.92 Å². The number of hydrogen-bond donors (Lipinski definition) is 1. The summed E-state index contributed by atoms with van der Waals surface area (Å²) in [4.78, 5) is 22.2. The molecule has 3 heterocycles. The Morgan fingerprint density at radius 1 is 1.13 bits per heavy atom. The van der Waals surface area contributed by atoms with Crippen molar-refractivity contribution in [3.63, 3.8) is 0 Å². The van der Waals surface area contributed by atoms with Crippen LogP contribution < -0.4 is 5.32 Å². The highest BCUT2D eigenvalue weighted by Gasteiger charge is 2.20. The van der Waals surface area contributed by atoms with Gasteiger partial charge in [0.25, 0.3) is 5.91 Å². The van der Waals surface area contributed by atoms with Gasteiger partial charge in [-0.3, -0.25) is 9.79 Å². The van der Waals surface area contributed by atoms with Crippen molar-refractivity contribution in [2.75, 3.05) is 13.1 Å². The number of aromatic nitrogens is 3. The number of allylic oxidation sites excluding steroid dienone is 1. The number of nitrogens with zero attached hydrogens (tertiary/aromatic N) is 4. The van der Waals surface area contributed by atoms with Crippen LogP contribution in [-0.4, -0.2) is 39.5 Å². The first-order chi connectivity index (χ1) is 14.9. The molecule has 0 spiro atoms. The molecular formula is C25H29N5O. The molecule has 0 unspecified atom stereocenters. The van der Waals surface area contributed by atoms with E-state index in [1.165, 1.54) is 16.7 Å².